The maximum absolute atomic E-state index is 12.7. The fraction of sp³-hybridized carbons (Fsp3) is 0.118. The van der Waals surface area contributed by atoms with Crippen molar-refractivity contribution in [1.29, 1.82) is 0 Å². The minimum Gasteiger partial charge on any atom is -0.362 e. The van der Waals surface area contributed by atoms with E-state index in [2.05, 4.69) is 15.4 Å². The summed E-state index contributed by atoms with van der Waals surface area (Å²) in [6, 6.07) is 11.3. The van der Waals surface area contributed by atoms with Crippen LogP contribution in [0.15, 0.2) is 53.6 Å². The Morgan fingerprint density at radius 2 is 2.08 bits per heavy atom. The van der Waals surface area contributed by atoms with Gasteiger partial charge in [0, 0.05) is 24.3 Å². The van der Waals surface area contributed by atoms with E-state index in [-0.39, 0.29) is 5.56 Å². The summed E-state index contributed by atoms with van der Waals surface area (Å²) in [6.45, 7) is 2.74. The molecule has 1 aromatic heterocycles. The zero-order chi connectivity index (χ0) is 16.7. The Morgan fingerprint density at radius 3 is 2.83 bits per heavy atom. The highest BCUT2D eigenvalue weighted by atomic mass is 32.1. The Labute approximate surface area is 143 Å². The first-order chi connectivity index (χ1) is 11.7. The lowest BCUT2D eigenvalue weighted by molar-refractivity contribution is 0.859. The average Bonchev–Trinajstić information content (AvgIpc) is 3.17. The van der Waals surface area contributed by atoms with Crippen molar-refractivity contribution in [3.8, 4) is 16.9 Å². The maximum Gasteiger partial charge on any atom is 0.282 e. The standard InChI is InChI=1S/C17H15N5OS/c1-2-18-17(24)21-9-8-12-14-13(10-19-15(12)21)16(23)22(20-14)11-6-4-3-5-7-11/h3-10,19H,2H2,1H3,(H,18,24). The van der Waals surface area contributed by atoms with E-state index in [0.717, 1.165) is 23.3 Å². The van der Waals surface area contributed by atoms with Crippen molar-refractivity contribution in [1.82, 2.24) is 24.6 Å². The molecule has 0 amide bonds. The van der Waals surface area contributed by atoms with Gasteiger partial charge in [0.25, 0.3) is 5.56 Å². The summed E-state index contributed by atoms with van der Waals surface area (Å²) >= 11 is 5.38. The van der Waals surface area contributed by atoms with Crippen LogP contribution in [0, 0.1) is 0 Å². The van der Waals surface area contributed by atoms with Gasteiger partial charge in [-0.25, -0.2) is 0 Å². The number of rotatable bonds is 2. The Hall–Kier alpha value is -2.93. The molecule has 0 spiro atoms. The summed E-state index contributed by atoms with van der Waals surface area (Å²) in [5.41, 5.74) is 2.63. The van der Waals surface area contributed by atoms with Crippen LogP contribution in [0.2, 0.25) is 0 Å². The van der Waals surface area contributed by atoms with Crippen LogP contribution in [0.1, 0.15) is 6.92 Å². The molecular weight excluding hydrogens is 322 g/mol. The molecule has 0 radical (unpaired) electrons. The number of benzene rings is 1. The van der Waals surface area contributed by atoms with Gasteiger partial charge in [-0.1, -0.05) is 18.2 Å². The average molecular weight is 337 g/mol. The van der Waals surface area contributed by atoms with Gasteiger partial charge >= 0.3 is 0 Å². The number of nitrogens with zero attached hydrogens (tertiary/aromatic N) is 3. The molecule has 0 saturated carbocycles. The third-order valence-electron chi connectivity index (χ3n) is 3.92. The van der Waals surface area contributed by atoms with E-state index in [1.165, 1.54) is 4.68 Å². The van der Waals surface area contributed by atoms with Crippen molar-refractivity contribution in [2.24, 2.45) is 0 Å². The van der Waals surface area contributed by atoms with Crippen LogP contribution in [0.4, 0.5) is 0 Å². The van der Waals surface area contributed by atoms with Gasteiger partial charge in [-0.15, -0.1) is 0 Å². The highest BCUT2D eigenvalue weighted by Gasteiger charge is 2.20. The lowest BCUT2D eigenvalue weighted by Gasteiger charge is -2.08. The van der Waals surface area contributed by atoms with E-state index in [1.54, 1.807) is 6.20 Å². The van der Waals surface area contributed by atoms with Crippen molar-refractivity contribution >= 4 is 28.4 Å². The Morgan fingerprint density at radius 1 is 1.29 bits per heavy atom. The molecule has 0 saturated heterocycles. The van der Waals surface area contributed by atoms with Crippen LogP contribution in [-0.2, 0) is 0 Å². The van der Waals surface area contributed by atoms with Gasteiger partial charge in [-0.05, 0) is 37.3 Å². The molecule has 4 rings (SSSR count). The number of aromatic nitrogens is 4. The first kappa shape index (κ1) is 14.6. The molecule has 2 aliphatic rings. The number of thiocarbonyl (C=S) groups is 1. The normalized spacial score (nSPS) is 11.2. The monoisotopic (exact) mass is 337 g/mol. The van der Waals surface area contributed by atoms with Crippen LogP contribution in [-0.4, -0.2) is 31.0 Å². The molecule has 0 fully saturated rings. The molecular formula is C17H15N5OS. The summed E-state index contributed by atoms with van der Waals surface area (Å²) in [7, 11) is 0. The molecule has 3 heterocycles. The van der Waals surface area contributed by atoms with Gasteiger partial charge in [0.05, 0.1) is 11.3 Å². The quantitative estimate of drug-likeness (QED) is 0.551. The Balaban J connectivity index is 1.95. The van der Waals surface area contributed by atoms with Crippen molar-refractivity contribution in [2.75, 3.05) is 6.54 Å². The number of H-pyrrole nitrogens is 1. The fourth-order valence-electron chi connectivity index (χ4n) is 2.80. The SMILES string of the molecule is CCNC(=S)n1ccc2c3nn(-c4ccccc4)c(=O)c-3c[nH]c21. The largest absolute Gasteiger partial charge is 0.362 e. The molecule has 2 aliphatic heterocycles. The Bertz CT molecular complexity index is 1060. The van der Waals surface area contributed by atoms with E-state index >= 15 is 0 Å². The molecule has 2 aromatic rings. The van der Waals surface area contributed by atoms with E-state index < -0.39 is 0 Å². The molecule has 7 heteroatoms. The summed E-state index contributed by atoms with van der Waals surface area (Å²) in [4.78, 5) is 15.8. The highest BCUT2D eigenvalue weighted by molar-refractivity contribution is 7.80. The predicted octanol–water partition coefficient (Wildman–Crippen LogP) is 2.36. The van der Waals surface area contributed by atoms with Crippen molar-refractivity contribution in [3.63, 3.8) is 0 Å². The van der Waals surface area contributed by atoms with Gasteiger partial charge in [-0.3, -0.25) is 9.36 Å². The van der Waals surface area contributed by atoms with Gasteiger partial charge in [0.2, 0.25) is 0 Å². The van der Waals surface area contributed by atoms with E-state index in [0.29, 0.717) is 16.4 Å². The number of para-hydroxylation sites is 1. The number of aromatic amines is 1. The third kappa shape index (κ3) is 2.13. The zero-order valence-electron chi connectivity index (χ0n) is 13.0. The zero-order valence-corrected chi connectivity index (χ0v) is 13.8. The Kier molecular flexibility index (Phi) is 3.42. The van der Waals surface area contributed by atoms with Crippen LogP contribution >= 0.6 is 12.2 Å². The number of hydrogen-bond donors (Lipinski definition) is 2. The van der Waals surface area contributed by atoms with Crippen LogP contribution in [0.25, 0.3) is 28.0 Å². The molecule has 0 aliphatic carbocycles. The topological polar surface area (TPSA) is 67.6 Å². The first-order valence-electron chi connectivity index (χ1n) is 7.66. The summed E-state index contributed by atoms with van der Waals surface area (Å²) in [6.07, 6.45) is 3.56. The molecule has 1 aromatic carbocycles. The van der Waals surface area contributed by atoms with E-state index in [4.69, 9.17) is 12.2 Å². The third-order valence-corrected chi connectivity index (χ3v) is 4.26. The molecule has 0 unspecified atom stereocenters. The predicted molar refractivity (Wildman–Crippen MR) is 98.0 cm³/mol. The van der Waals surface area contributed by atoms with Gasteiger partial charge in [0.1, 0.15) is 11.3 Å². The van der Waals surface area contributed by atoms with Gasteiger partial charge in [-0.2, -0.15) is 9.78 Å². The molecule has 120 valence electrons. The molecule has 0 bridgehead atoms. The second-order valence-electron chi connectivity index (χ2n) is 5.39. The lowest BCUT2D eigenvalue weighted by atomic mass is 10.2. The first-order valence-corrected chi connectivity index (χ1v) is 8.06. The van der Waals surface area contributed by atoms with E-state index in [9.17, 15) is 4.79 Å². The van der Waals surface area contributed by atoms with Crippen molar-refractivity contribution in [2.45, 2.75) is 6.92 Å². The number of nitrogens with one attached hydrogen (secondary N) is 2. The lowest BCUT2D eigenvalue weighted by Crippen LogP contribution is -2.27. The van der Waals surface area contributed by atoms with Crippen LogP contribution in [0.3, 0.4) is 0 Å². The second kappa shape index (κ2) is 5.61. The van der Waals surface area contributed by atoms with Gasteiger partial charge in [0.15, 0.2) is 5.11 Å². The van der Waals surface area contributed by atoms with Crippen LogP contribution < -0.4 is 10.9 Å². The minimum atomic E-state index is -0.142. The molecule has 2 N–H and O–H groups in total. The number of hydrogen-bond acceptors (Lipinski definition) is 3. The smallest absolute Gasteiger partial charge is 0.282 e. The van der Waals surface area contributed by atoms with Crippen molar-refractivity contribution in [3.05, 3.63) is 59.1 Å². The number of pyridine rings is 1. The van der Waals surface area contributed by atoms with Crippen LogP contribution in [0.5, 0.6) is 0 Å². The molecule has 24 heavy (non-hydrogen) atoms. The fourth-order valence-corrected chi connectivity index (χ4v) is 3.10. The summed E-state index contributed by atoms with van der Waals surface area (Å²) < 4.78 is 3.28. The van der Waals surface area contributed by atoms with Gasteiger partial charge < -0.3 is 10.3 Å². The minimum absolute atomic E-state index is 0.142. The molecule has 0 atom stereocenters. The number of fused-ring (bicyclic) bond motifs is 3. The summed E-state index contributed by atoms with van der Waals surface area (Å²) in [5, 5.41) is 9.12. The molecule has 6 nitrogen and oxygen atoms in total. The van der Waals surface area contributed by atoms with Crippen molar-refractivity contribution < 1.29 is 0 Å². The maximum atomic E-state index is 12.7. The second-order valence-corrected chi connectivity index (χ2v) is 5.77. The highest BCUT2D eigenvalue weighted by Crippen LogP contribution is 2.26. The van der Waals surface area contributed by atoms with E-state index in [1.807, 2.05) is 54.1 Å². The summed E-state index contributed by atoms with van der Waals surface area (Å²) in [5.74, 6) is 0.